The molecule has 1 unspecified atom stereocenters. The van der Waals surface area contributed by atoms with E-state index in [1.54, 1.807) is 0 Å². The number of carbonyl (C=O) groups excluding carboxylic acids is 2. The highest BCUT2D eigenvalue weighted by atomic mass is 32.2. The Labute approximate surface area is 175 Å². The molecule has 8 nitrogen and oxygen atoms in total. The van der Waals surface area contributed by atoms with Gasteiger partial charge in [-0.15, -0.1) is 21.5 Å². The van der Waals surface area contributed by atoms with Gasteiger partial charge in [-0.1, -0.05) is 18.7 Å². The third-order valence-electron chi connectivity index (χ3n) is 5.45. The molecule has 1 atom stereocenters. The van der Waals surface area contributed by atoms with Gasteiger partial charge in [-0.25, -0.2) is 4.98 Å². The average Bonchev–Trinajstić information content (AvgIpc) is 3.34. The zero-order valence-corrected chi connectivity index (χ0v) is 18.0. The molecule has 3 heterocycles. The Bertz CT molecular complexity index is 1130. The summed E-state index contributed by atoms with van der Waals surface area (Å²) in [5.41, 5.74) is 6.94. The highest BCUT2D eigenvalue weighted by Gasteiger charge is 2.32. The smallest absolute Gasteiger partial charge is 0.248 e. The standard InChI is InChI=1S/C19H22N6O2S2/c1-9-3-6-12-13(7-9)29-18-15(12)17-23-24-19(25(17)16(20-18)11-4-5-11)28-8-14(27)22-21-10(2)26/h9,11H,3-8H2,1-2H3,(H,21,26)(H,22,27). The SMILES string of the molecule is CC(=O)NNC(=O)CSc1nnc2c3c4c(sc3nc(C3CC3)n12)CC(C)CC4. The highest BCUT2D eigenvalue weighted by Crippen LogP contribution is 2.44. The van der Waals surface area contributed by atoms with Crippen LogP contribution in [0.5, 0.6) is 0 Å². The maximum Gasteiger partial charge on any atom is 0.248 e. The van der Waals surface area contributed by atoms with Gasteiger partial charge in [0.1, 0.15) is 10.7 Å². The number of amides is 2. The van der Waals surface area contributed by atoms with Crippen LogP contribution in [-0.2, 0) is 22.4 Å². The lowest BCUT2D eigenvalue weighted by Crippen LogP contribution is -2.41. The summed E-state index contributed by atoms with van der Waals surface area (Å²) in [5, 5.41) is 10.7. The van der Waals surface area contributed by atoms with Crippen molar-refractivity contribution < 1.29 is 9.59 Å². The summed E-state index contributed by atoms with van der Waals surface area (Å²) in [7, 11) is 0. The van der Waals surface area contributed by atoms with Gasteiger partial charge in [-0.2, -0.15) is 0 Å². The summed E-state index contributed by atoms with van der Waals surface area (Å²) in [6.07, 6.45) is 5.61. The van der Waals surface area contributed by atoms with Crippen molar-refractivity contribution >= 4 is 50.8 Å². The van der Waals surface area contributed by atoms with Crippen LogP contribution in [0.25, 0.3) is 15.9 Å². The van der Waals surface area contributed by atoms with Gasteiger partial charge in [0.2, 0.25) is 11.8 Å². The largest absolute Gasteiger partial charge is 0.274 e. The fourth-order valence-electron chi connectivity index (χ4n) is 3.87. The van der Waals surface area contributed by atoms with Gasteiger partial charge in [0.25, 0.3) is 0 Å². The molecule has 2 aliphatic rings. The zero-order chi connectivity index (χ0) is 20.1. The molecule has 2 amide bonds. The van der Waals surface area contributed by atoms with Gasteiger partial charge in [0.15, 0.2) is 10.8 Å². The maximum absolute atomic E-state index is 12.0. The van der Waals surface area contributed by atoms with Crippen molar-refractivity contribution in [3.05, 3.63) is 16.3 Å². The van der Waals surface area contributed by atoms with Crippen molar-refractivity contribution in [2.45, 2.75) is 57.0 Å². The van der Waals surface area contributed by atoms with E-state index in [1.165, 1.54) is 35.5 Å². The summed E-state index contributed by atoms with van der Waals surface area (Å²) in [6, 6.07) is 0. The van der Waals surface area contributed by atoms with E-state index in [2.05, 4.69) is 32.4 Å². The van der Waals surface area contributed by atoms with Crippen LogP contribution in [0.4, 0.5) is 0 Å². The van der Waals surface area contributed by atoms with E-state index in [4.69, 9.17) is 4.98 Å². The Morgan fingerprint density at radius 1 is 1.24 bits per heavy atom. The van der Waals surface area contributed by atoms with E-state index < -0.39 is 0 Å². The summed E-state index contributed by atoms with van der Waals surface area (Å²) in [5.74, 6) is 1.70. The Hall–Kier alpha value is -2.20. The van der Waals surface area contributed by atoms with E-state index in [1.807, 2.05) is 11.3 Å². The van der Waals surface area contributed by atoms with Crippen molar-refractivity contribution in [1.82, 2.24) is 30.4 Å². The number of hydrogen-bond acceptors (Lipinski definition) is 7. The number of nitrogens with one attached hydrogen (secondary N) is 2. The number of carbonyl (C=O) groups is 2. The van der Waals surface area contributed by atoms with E-state index in [9.17, 15) is 9.59 Å². The van der Waals surface area contributed by atoms with Crippen molar-refractivity contribution in [1.29, 1.82) is 0 Å². The Balaban J connectivity index is 1.54. The summed E-state index contributed by atoms with van der Waals surface area (Å²) >= 11 is 3.13. The summed E-state index contributed by atoms with van der Waals surface area (Å²) in [6.45, 7) is 3.66. The molecular weight excluding hydrogens is 408 g/mol. The first-order valence-corrected chi connectivity index (χ1v) is 11.7. The van der Waals surface area contributed by atoms with Gasteiger partial charge in [-0.05, 0) is 43.6 Å². The van der Waals surface area contributed by atoms with E-state index in [-0.39, 0.29) is 17.6 Å². The first-order chi connectivity index (χ1) is 14.0. The normalized spacial score (nSPS) is 18.8. The van der Waals surface area contributed by atoms with Crippen LogP contribution < -0.4 is 10.9 Å². The third kappa shape index (κ3) is 3.48. The van der Waals surface area contributed by atoms with E-state index >= 15 is 0 Å². The molecule has 152 valence electrons. The number of hydrazine groups is 1. The molecule has 10 heteroatoms. The van der Waals surface area contributed by atoms with Gasteiger partial charge in [0.05, 0.1) is 11.1 Å². The molecule has 29 heavy (non-hydrogen) atoms. The van der Waals surface area contributed by atoms with Gasteiger partial charge >= 0.3 is 0 Å². The molecule has 0 saturated heterocycles. The van der Waals surface area contributed by atoms with Crippen LogP contribution >= 0.6 is 23.1 Å². The number of thioether (sulfide) groups is 1. The van der Waals surface area contributed by atoms with Crippen LogP contribution in [0, 0.1) is 5.92 Å². The molecule has 0 aromatic carbocycles. The van der Waals surface area contributed by atoms with Gasteiger partial charge in [0, 0.05) is 17.7 Å². The second kappa shape index (κ2) is 7.24. The Kier molecular flexibility index (Phi) is 4.70. The lowest BCUT2D eigenvalue weighted by Gasteiger charge is -2.17. The number of rotatable bonds is 4. The zero-order valence-electron chi connectivity index (χ0n) is 16.3. The molecule has 2 N–H and O–H groups in total. The van der Waals surface area contributed by atoms with Gasteiger partial charge in [-0.3, -0.25) is 24.8 Å². The first kappa shape index (κ1) is 18.8. The lowest BCUT2D eigenvalue weighted by molar-refractivity contribution is -0.126. The number of fused-ring (bicyclic) bond motifs is 5. The van der Waals surface area contributed by atoms with E-state index in [0.717, 1.165) is 47.4 Å². The fraction of sp³-hybridized carbons (Fsp3) is 0.526. The lowest BCUT2D eigenvalue weighted by atomic mass is 9.89. The first-order valence-electron chi connectivity index (χ1n) is 9.88. The van der Waals surface area contributed by atoms with Crippen LogP contribution in [0.2, 0.25) is 0 Å². The second-order valence-corrected chi connectivity index (χ2v) is 9.96. The molecule has 0 aliphatic heterocycles. The number of aromatic nitrogens is 4. The molecule has 0 spiro atoms. The van der Waals surface area contributed by atoms with E-state index in [0.29, 0.717) is 17.0 Å². The highest BCUT2D eigenvalue weighted by molar-refractivity contribution is 7.99. The molecule has 3 aromatic heterocycles. The molecule has 0 radical (unpaired) electrons. The van der Waals surface area contributed by atoms with Crippen LogP contribution in [0.15, 0.2) is 5.16 Å². The molecular formula is C19H22N6O2S2. The monoisotopic (exact) mass is 430 g/mol. The molecule has 3 aromatic rings. The quantitative estimate of drug-likeness (QED) is 0.487. The molecule has 2 aliphatic carbocycles. The molecule has 1 saturated carbocycles. The number of nitrogens with zero attached hydrogens (tertiary/aromatic N) is 4. The molecule has 5 rings (SSSR count). The van der Waals surface area contributed by atoms with Crippen molar-refractivity contribution in [2.24, 2.45) is 5.92 Å². The topological polar surface area (TPSA) is 101 Å². The fourth-order valence-corrected chi connectivity index (χ4v) is 6.00. The van der Waals surface area contributed by atoms with Crippen LogP contribution in [0.1, 0.15) is 55.3 Å². The van der Waals surface area contributed by atoms with Crippen molar-refractivity contribution in [2.75, 3.05) is 5.75 Å². The maximum atomic E-state index is 12.0. The number of hydrogen-bond donors (Lipinski definition) is 2. The number of thiophene rings is 1. The molecule has 1 fully saturated rings. The molecule has 0 bridgehead atoms. The summed E-state index contributed by atoms with van der Waals surface area (Å²) < 4.78 is 2.06. The van der Waals surface area contributed by atoms with Crippen molar-refractivity contribution in [3.8, 4) is 0 Å². The Morgan fingerprint density at radius 3 is 2.83 bits per heavy atom. The predicted molar refractivity (Wildman–Crippen MR) is 112 cm³/mol. The minimum Gasteiger partial charge on any atom is -0.274 e. The average molecular weight is 431 g/mol. The second-order valence-electron chi connectivity index (χ2n) is 7.94. The van der Waals surface area contributed by atoms with Crippen molar-refractivity contribution in [3.63, 3.8) is 0 Å². The summed E-state index contributed by atoms with van der Waals surface area (Å²) in [4.78, 5) is 30.5. The minimum atomic E-state index is -0.310. The minimum absolute atomic E-state index is 0.141. The van der Waals surface area contributed by atoms with Crippen LogP contribution in [-0.4, -0.2) is 37.1 Å². The predicted octanol–water partition coefficient (Wildman–Crippen LogP) is 2.60. The number of aryl methyl sites for hydroxylation is 1. The van der Waals surface area contributed by atoms with Crippen LogP contribution in [0.3, 0.4) is 0 Å². The Morgan fingerprint density at radius 2 is 2.07 bits per heavy atom. The van der Waals surface area contributed by atoms with Gasteiger partial charge < -0.3 is 0 Å². The third-order valence-corrected chi connectivity index (χ3v) is 7.53.